The molecule has 0 fully saturated rings. The third kappa shape index (κ3) is 2.00. The zero-order valence-corrected chi connectivity index (χ0v) is 10.7. The first kappa shape index (κ1) is 10.9. The summed E-state index contributed by atoms with van der Waals surface area (Å²) < 4.78 is 3.20. The van der Waals surface area contributed by atoms with Gasteiger partial charge in [-0.3, -0.25) is 4.79 Å². The highest BCUT2D eigenvalue weighted by molar-refractivity contribution is 9.10. The van der Waals surface area contributed by atoms with Crippen molar-refractivity contribution >= 4 is 21.7 Å². The molecule has 4 heteroatoms. The summed E-state index contributed by atoms with van der Waals surface area (Å²) in [6.45, 7) is 4.82. The van der Waals surface area contributed by atoms with Gasteiger partial charge in [-0.25, -0.2) is 4.98 Å². The number of aromatic nitrogens is 2. The number of carbonyl (C=O) groups is 1. The zero-order valence-electron chi connectivity index (χ0n) is 9.09. The highest BCUT2D eigenvalue weighted by atomic mass is 79.9. The summed E-state index contributed by atoms with van der Waals surface area (Å²) in [7, 11) is 0. The van der Waals surface area contributed by atoms with E-state index in [1.165, 1.54) is 12.8 Å². The molecule has 0 N–H and O–H groups in total. The number of halogens is 1. The van der Waals surface area contributed by atoms with Gasteiger partial charge >= 0.3 is 0 Å². The first-order valence-electron chi connectivity index (χ1n) is 5.34. The lowest BCUT2D eigenvalue weighted by atomic mass is 10.0. The molecule has 0 bridgehead atoms. The molecule has 82 valence electrons. The van der Waals surface area contributed by atoms with E-state index in [2.05, 4.69) is 32.4 Å². The molecule has 15 heavy (non-hydrogen) atoms. The quantitative estimate of drug-likeness (QED) is 0.828. The molecule has 3 nitrogen and oxygen atoms in total. The monoisotopic (exact) mass is 270 g/mol. The Morgan fingerprint density at radius 1 is 1.67 bits per heavy atom. The van der Waals surface area contributed by atoms with Crippen LogP contribution >= 0.6 is 15.9 Å². The van der Waals surface area contributed by atoms with Crippen molar-refractivity contribution in [3.05, 3.63) is 16.1 Å². The summed E-state index contributed by atoms with van der Waals surface area (Å²) in [5.74, 6) is 1.80. The molecule has 0 saturated heterocycles. The molecule has 1 aliphatic heterocycles. The van der Waals surface area contributed by atoms with Gasteiger partial charge in [-0.2, -0.15) is 0 Å². The summed E-state index contributed by atoms with van der Waals surface area (Å²) in [6, 6.07) is 0. The summed E-state index contributed by atoms with van der Waals surface area (Å²) in [5.41, 5.74) is 0.895. The van der Waals surface area contributed by atoms with Gasteiger partial charge in [0.1, 0.15) is 16.2 Å². The van der Waals surface area contributed by atoms with Crippen molar-refractivity contribution in [2.75, 3.05) is 0 Å². The smallest absolute Gasteiger partial charge is 0.135 e. The standard InChI is InChI=1S/C11H15BrN2O/c1-7-4-3-5-14-10(12)9(6-8(2)15)13-11(7)14/h7H,3-6H2,1-2H3. The fraction of sp³-hybridized carbons (Fsp3) is 0.636. The largest absolute Gasteiger partial charge is 0.322 e. The number of hydrogen-bond donors (Lipinski definition) is 0. The van der Waals surface area contributed by atoms with Crippen LogP contribution in [0.5, 0.6) is 0 Å². The molecule has 1 unspecified atom stereocenters. The van der Waals surface area contributed by atoms with Crippen LogP contribution in [0.15, 0.2) is 4.60 Å². The third-order valence-electron chi connectivity index (χ3n) is 2.88. The Kier molecular flexibility index (Phi) is 2.96. The molecule has 1 aromatic heterocycles. The van der Waals surface area contributed by atoms with Crippen molar-refractivity contribution < 1.29 is 4.79 Å². The molecule has 1 atom stereocenters. The number of rotatable bonds is 2. The molecule has 2 rings (SSSR count). The van der Waals surface area contributed by atoms with Crippen LogP contribution in [0.25, 0.3) is 0 Å². The number of carbonyl (C=O) groups excluding carboxylic acids is 1. The summed E-state index contributed by atoms with van der Waals surface area (Å²) in [5, 5.41) is 0. The number of ketones is 1. The Labute approximate surface area is 98.0 Å². The minimum atomic E-state index is 0.166. The maximum absolute atomic E-state index is 11.1. The van der Waals surface area contributed by atoms with E-state index in [9.17, 15) is 4.79 Å². The van der Waals surface area contributed by atoms with Gasteiger partial charge in [0.05, 0.1) is 12.1 Å². The number of nitrogens with zero attached hydrogens (tertiary/aromatic N) is 2. The second-order valence-electron chi connectivity index (χ2n) is 4.28. The normalized spacial score (nSPS) is 20.1. The third-order valence-corrected chi connectivity index (χ3v) is 3.76. The number of Topliss-reactive ketones (excluding diaryl/α,β-unsaturated/α-hetero) is 1. The Morgan fingerprint density at radius 3 is 3.00 bits per heavy atom. The van der Waals surface area contributed by atoms with E-state index < -0.39 is 0 Å². The molecule has 0 aromatic carbocycles. The average molecular weight is 271 g/mol. The maximum Gasteiger partial charge on any atom is 0.135 e. The molecular weight excluding hydrogens is 256 g/mol. The highest BCUT2D eigenvalue weighted by Gasteiger charge is 2.23. The molecular formula is C11H15BrN2O. The fourth-order valence-corrected chi connectivity index (χ4v) is 2.71. The molecule has 0 aliphatic carbocycles. The molecule has 0 spiro atoms. The van der Waals surface area contributed by atoms with Gasteiger partial charge in [0, 0.05) is 12.5 Å². The lowest BCUT2D eigenvalue weighted by Gasteiger charge is -2.20. The fourth-order valence-electron chi connectivity index (χ4n) is 2.12. The Bertz CT molecular complexity index is 398. The van der Waals surface area contributed by atoms with E-state index in [1.54, 1.807) is 6.92 Å². The van der Waals surface area contributed by atoms with E-state index in [0.29, 0.717) is 12.3 Å². The minimum Gasteiger partial charge on any atom is -0.322 e. The zero-order chi connectivity index (χ0) is 11.0. The van der Waals surface area contributed by atoms with Crippen molar-refractivity contribution in [3.63, 3.8) is 0 Å². The average Bonchev–Trinajstić information content (AvgIpc) is 2.46. The van der Waals surface area contributed by atoms with Crippen LogP contribution < -0.4 is 0 Å². The first-order valence-corrected chi connectivity index (χ1v) is 6.13. The first-order chi connectivity index (χ1) is 7.09. The van der Waals surface area contributed by atoms with E-state index in [1.807, 2.05) is 0 Å². The van der Waals surface area contributed by atoms with Gasteiger partial charge in [-0.05, 0) is 35.7 Å². The van der Waals surface area contributed by atoms with Gasteiger partial charge in [-0.15, -0.1) is 0 Å². The van der Waals surface area contributed by atoms with Crippen molar-refractivity contribution in [2.24, 2.45) is 0 Å². The molecule has 2 heterocycles. The van der Waals surface area contributed by atoms with Crippen molar-refractivity contribution in [1.82, 2.24) is 9.55 Å². The molecule has 0 amide bonds. The lowest BCUT2D eigenvalue weighted by molar-refractivity contribution is -0.116. The second kappa shape index (κ2) is 4.08. The number of fused-ring (bicyclic) bond motifs is 1. The van der Waals surface area contributed by atoms with Crippen LogP contribution in [-0.2, 0) is 17.8 Å². The van der Waals surface area contributed by atoms with Gasteiger partial charge < -0.3 is 4.57 Å². The molecule has 0 saturated carbocycles. The van der Waals surface area contributed by atoms with E-state index in [4.69, 9.17) is 0 Å². The predicted octanol–water partition coefficient (Wildman–Crippen LogP) is 2.67. The van der Waals surface area contributed by atoms with Gasteiger partial charge in [0.15, 0.2) is 0 Å². The Morgan fingerprint density at radius 2 is 2.40 bits per heavy atom. The topological polar surface area (TPSA) is 34.9 Å². The van der Waals surface area contributed by atoms with Gasteiger partial charge in [0.2, 0.25) is 0 Å². The van der Waals surface area contributed by atoms with Gasteiger partial charge in [-0.1, -0.05) is 6.92 Å². The summed E-state index contributed by atoms with van der Waals surface area (Å²) in [4.78, 5) is 15.7. The SMILES string of the molecule is CC(=O)Cc1nc2n(c1Br)CCCC2C. The predicted molar refractivity (Wildman–Crippen MR) is 62.0 cm³/mol. The molecule has 0 radical (unpaired) electrons. The number of hydrogen-bond acceptors (Lipinski definition) is 2. The summed E-state index contributed by atoms with van der Waals surface area (Å²) >= 11 is 3.54. The van der Waals surface area contributed by atoms with Crippen molar-refractivity contribution in [2.45, 2.75) is 45.6 Å². The second-order valence-corrected chi connectivity index (χ2v) is 5.03. The number of imidazole rings is 1. The van der Waals surface area contributed by atoms with Crippen LogP contribution in [0.1, 0.15) is 44.1 Å². The van der Waals surface area contributed by atoms with Crippen LogP contribution in [0.3, 0.4) is 0 Å². The summed E-state index contributed by atoms with van der Waals surface area (Å²) in [6.07, 6.45) is 2.83. The van der Waals surface area contributed by atoms with Crippen molar-refractivity contribution in [3.8, 4) is 0 Å². The lowest BCUT2D eigenvalue weighted by Crippen LogP contribution is -2.13. The van der Waals surface area contributed by atoms with Crippen molar-refractivity contribution in [1.29, 1.82) is 0 Å². The van der Waals surface area contributed by atoms with E-state index in [-0.39, 0.29) is 5.78 Å². The molecule has 1 aromatic rings. The Hall–Kier alpha value is -0.640. The van der Waals surface area contributed by atoms with E-state index in [0.717, 1.165) is 22.7 Å². The minimum absolute atomic E-state index is 0.166. The maximum atomic E-state index is 11.1. The van der Waals surface area contributed by atoms with E-state index >= 15 is 0 Å². The van der Waals surface area contributed by atoms with Crippen LogP contribution in [0.2, 0.25) is 0 Å². The van der Waals surface area contributed by atoms with Gasteiger partial charge in [0.25, 0.3) is 0 Å². The highest BCUT2D eigenvalue weighted by Crippen LogP contribution is 2.31. The van der Waals surface area contributed by atoms with Crippen LogP contribution in [-0.4, -0.2) is 15.3 Å². The molecule has 1 aliphatic rings. The Balaban J connectivity index is 2.38. The van der Waals surface area contributed by atoms with Crippen LogP contribution in [0, 0.1) is 0 Å². The van der Waals surface area contributed by atoms with Crippen LogP contribution in [0.4, 0.5) is 0 Å².